The first-order chi connectivity index (χ1) is 4.63. The average molecular weight is 161 g/mol. The van der Waals surface area contributed by atoms with E-state index in [1.165, 1.54) is 0 Å². The second-order valence-electron chi connectivity index (χ2n) is 2.12. The predicted molar refractivity (Wildman–Crippen MR) is 44.6 cm³/mol. The lowest BCUT2D eigenvalue weighted by molar-refractivity contribution is 0.223. The zero-order valence-corrected chi connectivity index (χ0v) is 8.97. The van der Waals surface area contributed by atoms with E-state index >= 15 is 0 Å². The molecule has 0 aromatic carbocycles. The molecule has 4 heteroatoms. The Morgan fingerprint density at radius 2 is 1.90 bits per heavy atom. The molecule has 0 radical (unpaired) electrons. The average Bonchev–Trinajstić information content (AvgIpc) is 1.88. The lowest BCUT2D eigenvalue weighted by atomic mass is 10.3. The Labute approximate surface area is 64.6 Å². The van der Waals surface area contributed by atoms with E-state index in [1.807, 2.05) is 6.92 Å². The summed E-state index contributed by atoms with van der Waals surface area (Å²) in [6, 6.07) is -0.0718. The molecule has 0 saturated heterocycles. The van der Waals surface area contributed by atoms with Crippen molar-refractivity contribution in [3.8, 4) is 0 Å². The van der Waals surface area contributed by atoms with Gasteiger partial charge in [0.15, 0.2) is 0 Å². The van der Waals surface area contributed by atoms with E-state index in [0.29, 0.717) is 0 Å². The normalized spacial score (nSPS) is 16.0. The van der Waals surface area contributed by atoms with Gasteiger partial charge in [-0.2, -0.15) is 0 Å². The third-order valence-electron chi connectivity index (χ3n) is 1.29. The topological polar surface area (TPSA) is 44.5 Å². The van der Waals surface area contributed by atoms with E-state index in [2.05, 4.69) is 0 Å². The highest BCUT2D eigenvalue weighted by Crippen LogP contribution is 2.05. The summed E-state index contributed by atoms with van der Waals surface area (Å²) >= 11 is 0. The lowest BCUT2D eigenvalue weighted by Crippen LogP contribution is -2.21. The molecule has 3 nitrogen and oxygen atoms in total. The molecule has 0 saturated carbocycles. The van der Waals surface area contributed by atoms with Crippen LogP contribution in [0.25, 0.3) is 0 Å². The van der Waals surface area contributed by atoms with Crippen LogP contribution in [-0.2, 0) is 9.47 Å². The van der Waals surface area contributed by atoms with Crippen LogP contribution in [0.5, 0.6) is 0 Å². The maximum Gasteiger partial charge on any atom is 0.143 e. The van der Waals surface area contributed by atoms with E-state index in [0.717, 1.165) is 21.4 Å². The highest BCUT2D eigenvalue weighted by molar-refractivity contribution is 6.20. The fourth-order valence-electron chi connectivity index (χ4n) is 0.751. The van der Waals surface area contributed by atoms with Crippen LogP contribution in [0.2, 0.25) is 0 Å². The fraction of sp³-hybridized carbons (Fsp3) is 0.667. The summed E-state index contributed by atoms with van der Waals surface area (Å²) in [4.78, 5) is 0. The summed E-state index contributed by atoms with van der Waals surface area (Å²) in [5, 5.41) is 0.873. The van der Waals surface area contributed by atoms with Gasteiger partial charge in [0.05, 0.1) is 30.5 Å². The highest BCUT2D eigenvalue weighted by atomic mass is 28.1. The summed E-state index contributed by atoms with van der Waals surface area (Å²) in [6.07, 6.45) is 0. The summed E-state index contributed by atoms with van der Waals surface area (Å²) in [5.74, 6) is 0.758. The second-order valence-corrected chi connectivity index (χ2v) is 3.03. The molecular weight excluding hydrogens is 146 g/mol. The molecule has 1 atom stereocenters. The molecule has 0 aromatic rings. The zero-order valence-electron chi connectivity index (χ0n) is 6.97. The molecule has 1 unspecified atom stereocenters. The van der Waals surface area contributed by atoms with Gasteiger partial charge in [0.25, 0.3) is 0 Å². The van der Waals surface area contributed by atoms with Crippen LogP contribution in [0.1, 0.15) is 6.92 Å². The van der Waals surface area contributed by atoms with Gasteiger partial charge in [-0.05, 0) is 6.92 Å². The Kier molecular flexibility index (Phi) is 4.14. The Morgan fingerprint density at radius 3 is 2.00 bits per heavy atom. The van der Waals surface area contributed by atoms with Crippen LogP contribution in [0.15, 0.2) is 11.1 Å². The van der Waals surface area contributed by atoms with E-state index < -0.39 is 0 Å². The van der Waals surface area contributed by atoms with Crippen LogP contribution in [-0.4, -0.2) is 30.5 Å². The summed E-state index contributed by atoms with van der Waals surface area (Å²) < 4.78 is 10.0. The molecule has 0 aliphatic rings. The standard InChI is InChI=1S/C6H15NO2Si/c1-4(7)5(8-2)6(10)9-3/h4H,7H2,1-3,10H3. The van der Waals surface area contributed by atoms with E-state index in [9.17, 15) is 0 Å². The number of rotatable bonds is 3. The van der Waals surface area contributed by atoms with Crippen molar-refractivity contribution >= 4 is 10.2 Å². The Hall–Kier alpha value is -0.483. The van der Waals surface area contributed by atoms with Crippen LogP contribution in [0.4, 0.5) is 0 Å². The molecule has 10 heavy (non-hydrogen) atoms. The Bertz CT molecular complexity index is 134. The van der Waals surface area contributed by atoms with Crippen molar-refractivity contribution in [1.82, 2.24) is 0 Å². The number of nitrogens with two attached hydrogens (primary N) is 1. The number of methoxy groups -OCH3 is 2. The molecule has 0 aliphatic heterocycles. The minimum Gasteiger partial charge on any atom is -0.504 e. The third kappa shape index (κ3) is 2.41. The lowest BCUT2D eigenvalue weighted by Gasteiger charge is -2.12. The highest BCUT2D eigenvalue weighted by Gasteiger charge is 2.06. The largest absolute Gasteiger partial charge is 0.504 e. The molecule has 0 spiro atoms. The van der Waals surface area contributed by atoms with E-state index in [4.69, 9.17) is 15.2 Å². The number of hydrogen-bond acceptors (Lipinski definition) is 3. The van der Waals surface area contributed by atoms with Crippen LogP contribution in [0, 0.1) is 0 Å². The third-order valence-corrected chi connectivity index (χ3v) is 2.19. The quantitative estimate of drug-likeness (QED) is 0.434. The first-order valence-electron chi connectivity index (χ1n) is 3.17. The van der Waals surface area contributed by atoms with E-state index in [1.54, 1.807) is 14.2 Å². The van der Waals surface area contributed by atoms with Gasteiger partial charge in [-0.25, -0.2) is 0 Å². The van der Waals surface area contributed by atoms with Crippen molar-refractivity contribution in [2.45, 2.75) is 13.0 Å². The van der Waals surface area contributed by atoms with Crippen molar-refractivity contribution in [2.75, 3.05) is 14.2 Å². The molecule has 0 bridgehead atoms. The maximum atomic E-state index is 5.58. The fourth-order valence-corrected chi connectivity index (χ4v) is 1.41. The molecule has 0 heterocycles. The molecule has 0 amide bonds. The van der Waals surface area contributed by atoms with Crippen molar-refractivity contribution in [3.63, 3.8) is 0 Å². The molecule has 2 N–H and O–H groups in total. The SMILES string of the molecule is COC([SiH3])=C(OC)C(C)N. The van der Waals surface area contributed by atoms with Gasteiger partial charge >= 0.3 is 0 Å². The van der Waals surface area contributed by atoms with Crippen LogP contribution < -0.4 is 5.73 Å². The van der Waals surface area contributed by atoms with Gasteiger partial charge in [-0.3, -0.25) is 0 Å². The first kappa shape index (κ1) is 9.52. The molecular formula is C6H15NO2Si. The minimum absolute atomic E-state index is 0.0718. The molecule has 60 valence electrons. The predicted octanol–water partition coefficient (Wildman–Crippen LogP) is -0.839. The molecule has 0 aromatic heterocycles. The number of ether oxygens (including phenoxy) is 2. The maximum absolute atomic E-state index is 5.58. The summed E-state index contributed by atoms with van der Waals surface area (Å²) in [6.45, 7) is 1.87. The first-order valence-corrected chi connectivity index (χ1v) is 4.17. The summed E-state index contributed by atoms with van der Waals surface area (Å²) in [5.41, 5.74) is 5.58. The molecule has 0 fully saturated rings. The van der Waals surface area contributed by atoms with Crippen molar-refractivity contribution in [3.05, 3.63) is 11.1 Å². The minimum atomic E-state index is -0.0718. The van der Waals surface area contributed by atoms with Gasteiger partial charge in [0, 0.05) is 0 Å². The Balaban J connectivity index is 4.29. The second kappa shape index (κ2) is 4.35. The van der Waals surface area contributed by atoms with Gasteiger partial charge in [0.1, 0.15) is 11.1 Å². The van der Waals surface area contributed by atoms with Gasteiger partial charge in [-0.15, -0.1) is 0 Å². The van der Waals surface area contributed by atoms with Gasteiger partial charge in [-0.1, -0.05) is 0 Å². The monoisotopic (exact) mass is 161 g/mol. The molecule has 0 aliphatic carbocycles. The summed E-state index contributed by atoms with van der Waals surface area (Å²) in [7, 11) is 4.07. The zero-order chi connectivity index (χ0) is 8.15. The molecule has 0 rings (SSSR count). The van der Waals surface area contributed by atoms with Crippen molar-refractivity contribution in [1.29, 1.82) is 0 Å². The van der Waals surface area contributed by atoms with Crippen LogP contribution >= 0.6 is 0 Å². The van der Waals surface area contributed by atoms with Crippen LogP contribution in [0.3, 0.4) is 0 Å². The van der Waals surface area contributed by atoms with Gasteiger partial charge < -0.3 is 15.2 Å². The number of hydrogen-bond donors (Lipinski definition) is 1. The van der Waals surface area contributed by atoms with Gasteiger partial charge in [0.2, 0.25) is 0 Å². The smallest absolute Gasteiger partial charge is 0.143 e. The van der Waals surface area contributed by atoms with Crippen molar-refractivity contribution in [2.24, 2.45) is 5.73 Å². The van der Waals surface area contributed by atoms with E-state index in [-0.39, 0.29) is 6.04 Å². The Morgan fingerprint density at radius 1 is 1.40 bits per heavy atom. The van der Waals surface area contributed by atoms with Crippen molar-refractivity contribution < 1.29 is 9.47 Å².